The summed E-state index contributed by atoms with van der Waals surface area (Å²) in [4.78, 5) is 34.9. The summed E-state index contributed by atoms with van der Waals surface area (Å²) < 4.78 is 2.09. The molecule has 0 saturated carbocycles. The number of piperazine rings is 1. The van der Waals surface area contributed by atoms with Crippen molar-refractivity contribution in [1.29, 1.82) is 0 Å². The number of rotatable bonds is 4. The van der Waals surface area contributed by atoms with Gasteiger partial charge in [0.25, 0.3) is 5.56 Å². The van der Waals surface area contributed by atoms with Crippen LogP contribution in [0.4, 0.5) is 0 Å². The van der Waals surface area contributed by atoms with Gasteiger partial charge in [0.15, 0.2) is 0 Å². The zero-order valence-corrected chi connectivity index (χ0v) is 18.4. The number of amides is 1. The van der Waals surface area contributed by atoms with Crippen LogP contribution in [0.2, 0.25) is 14.4 Å². The van der Waals surface area contributed by atoms with Gasteiger partial charge in [-0.3, -0.25) is 19.1 Å². The van der Waals surface area contributed by atoms with Crippen molar-refractivity contribution in [2.45, 2.75) is 13.1 Å². The van der Waals surface area contributed by atoms with Crippen molar-refractivity contribution in [3.05, 3.63) is 60.2 Å². The minimum atomic E-state index is -0.332. The van der Waals surface area contributed by atoms with Crippen LogP contribution in [0.25, 0.3) is 10.9 Å². The van der Waals surface area contributed by atoms with E-state index in [-0.39, 0.29) is 18.0 Å². The standard InChI is InChI=1S/C19H17Cl3N4O2S/c20-12-7-14-18(15(21)8-12)23-11-26(19(14)28)10-17(27)25-5-3-24(4-6-25)9-13-1-2-16(22)29-13/h1-2,7-8,11H,3-6,9-10H2. The van der Waals surface area contributed by atoms with Crippen LogP contribution in [0.3, 0.4) is 0 Å². The number of thiophene rings is 1. The largest absolute Gasteiger partial charge is 0.339 e. The molecule has 4 rings (SSSR count). The lowest BCUT2D eigenvalue weighted by molar-refractivity contribution is -0.133. The molecule has 3 aromatic rings. The Bertz CT molecular complexity index is 1120. The monoisotopic (exact) mass is 470 g/mol. The first kappa shape index (κ1) is 20.6. The van der Waals surface area contributed by atoms with Crippen molar-refractivity contribution in [3.63, 3.8) is 0 Å². The Balaban J connectivity index is 1.41. The third-order valence-corrected chi connectivity index (χ3v) is 6.61. The fraction of sp³-hybridized carbons (Fsp3) is 0.316. The highest BCUT2D eigenvalue weighted by atomic mass is 35.5. The fourth-order valence-corrected chi connectivity index (χ4v) is 5.04. The van der Waals surface area contributed by atoms with Gasteiger partial charge >= 0.3 is 0 Å². The van der Waals surface area contributed by atoms with Crippen molar-refractivity contribution in [2.24, 2.45) is 0 Å². The molecule has 0 bridgehead atoms. The molecule has 1 aliphatic heterocycles. The van der Waals surface area contributed by atoms with E-state index in [9.17, 15) is 9.59 Å². The lowest BCUT2D eigenvalue weighted by atomic mass is 10.2. The molecule has 0 unspecified atom stereocenters. The zero-order chi connectivity index (χ0) is 20.5. The predicted molar refractivity (Wildman–Crippen MR) is 117 cm³/mol. The molecule has 2 aromatic heterocycles. The van der Waals surface area contributed by atoms with Crippen LogP contribution < -0.4 is 5.56 Å². The molecular formula is C19H17Cl3N4O2S. The number of carbonyl (C=O) groups excluding carboxylic acids is 1. The van der Waals surface area contributed by atoms with Gasteiger partial charge in [0.1, 0.15) is 6.54 Å². The Morgan fingerprint density at radius 1 is 1.10 bits per heavy atom. The van der Waals surface area contributed by atoms with Crippen molar-refractivity contribution in [1.82, 2.24) is 19.4 Å². The molecule has 1 aromatic carbocycles. The number of hydrogen-bond donors (Lipinski definition) is 0. The average Bonchev–Trinajstić information content (AvgIpc) is 3.09. The van der Waals surface area contributed by atoms with Gasteiger partial charge in [-0.1, -0.05) is 34.8 Å². The second kappa shape index (κ2) is 8.62. The van der Waals surface area contributed by atoms with E-state index >= 15 is 0 Å². The normalized spacial score (nSPS) is 15.2. The van der Waals surface area contributed by atoms with E-state index in [1.165, 1.54) is 27.9 Å². The molecule has 10 heteroatoms. The maximum Gasteiger partial charge on any atom is 0.261 e. The van der Waals surface area contributed by atoms with Gasteiger partial charge in [-0.2, -0.15) is 0 Å². The van der Waals surface area contributed by atoms with E-state index in [1.54, 1.807) is 16.2 Å². The minimum Gasteiger partial charge on any atom is -0.339 e. The van der Waals surface area contributed by atoms with Crippen LogP contribution in [0.15, 0.2) is 35.4 Å². The SMILES string of the molecule is O=C(Cn1cnc2c(Cl)cc(Cl)cc2c1=O)N1CCN(Cc2ccc(Cl)s2)CC1. The maximum atomic E-state index is 12.7. The smallest absolute Gasteiger partial charge is 0.261 e. The molecule has 0 spiro atoms. The van der Waals surface area contributed by atoms with E-state index in [2.05, 4.69) is 9.88 Å². The number of hydrogen-bond acceptors (Lipinski definition) is 5. The average molecular weight is 472 g/mol. The molecule has 29 heavy (non-hydrogen) atoms. The van der Waals surface area contributed by atoms with Crippen LogP contribution in [0, 0.1) is 0 Å². The molecule has 0 N–H and O–H groups in total. The molecule has 6 nitrogen and oxygen atoms in total. The molecule has 152 valence electrons. The quantitative estimate of drug-likeness (QED) is 0.581. The molecule has 3 heterocycles. The Kier molecular flexibility index (Phi) is 6.13. The summed E-state index contributed by atoms with van der Waals surface area (Å²) in [5.74, 6) is -0.111. The van der Waals surface area contributed by atoms with E-state index in [4.69, 9.17) is 34.8 Å². The lowest BCUT2D eigenvalue weighted by Gasteiger charge is -2.34. The summed E-state index contributed by atoms with van der Waals surface area (Å²) in [6.07, 6.45) is 1.36. The Labute approximate surface area is 186 Å². The number of halogens is 3. The van der Waals surface area contributed by atoms with Crippen LogP contribution in [-0.4, -0.2) is 51.4 Å². The summed E-state index contributed by atoms with van der Waals surface area (Å²) >= 11 is 19.7. The summed E-state index contributed by atoms with van der Waals surface area (Å²) in [5, 5.41) is 0.970. The highest BCUT2D eigenvalue weighted by molar-refractivity contribution is 7.16. The second-order valence-corrected chi connectivity index (χ2v) is 9.47. The second-order valence-electron chi connectivity index (χ2n) is 6.82. The zero-order valence-electron chi connectivity index (χ0n) is 15.3. The number of fused-ring (bicyclic) bond motifs is 1. The fourth-order valence-electron chi connectivity index (χ4n) is 3.37. The van der Waals surface area contributed by atoms with E-state index in [1.807, 2.05) is 12.1 Å². The molecule has 1 saturated heterocycles. The minimum absolute atomic E-state index is 0.0631. The van der Waals surface area contributed by atoms with Gasteiger partial charge in [-0.25, -0.2) is 4.98 Å². The highest BCUT2D eigenvalue weighted by Crippen LogP contribution is 2.24. The van der Waals surface area contributed by atoms with Gasteiger partial charge in [0, 0.05) is 42.6 Å². The highest BCUT2D eigenvalue weighted by Gasteiger charge is 2.22. The topological polar surface area (TPSA) is 58.4 Å². The van der Waals surface area contributed by atoms with Gasteiger partial charge in [-0.15, -0.1) is 11.3 Å². The number of nitrogens with zero attached hydrogens (tertiary/aromatic N) is 4. The third kappa shape index (κ3) is 4.59. The van der Waals surface area contributed by atoms with Crippen molar-refractivity contribution in [2.75, 3.05) is 26.2 Å². The summed E-state index contributed by atoms with van der Waals surface area (Å²) in [6, 6.07) is 6.99. The molecule has 0 atom stereocenters. The molecule has 0 aliphatic carbocycles. The molecular weight excluding hydrogens is 455 g/mol. The first-order chi connectivity index (χ1) is 13.9. The molecule has 1 amide bonds. The third-order valence-electron chi connectivity index (χ3n) is 4.88. The van der Waals surface area contributed by atoms with E-state index < -0.39 is 0 Å². The number of carbonyl (C=O) groups is 1. The number of benzene rings is 1. The molecule has 0 radical (unpaired) electrons. The van der Waals surface area contributed by atoms with Gasteiger partial charge in [0.2, 0.25) is 5.91 Å². The van der Waals surface area contributed by atoms with Gasteiger partial charge < -0.3 is 4.90 Å². The van der Waals surface area contributed by atoms with Crippen LogP contribution in [0.5, 0.6) is 0 Å². The summed E-state index contributed by atoms with van der Waals surface area (Å²) in [5.41, 5.74) is 0.0491. The molecule has 1 fully saturated rings. The first-order valence-electron chi connectivity index (χ1n) is 8.99. The van der Waals surface area contributed by atoms with Crippen LogP contribution in [0.1, 0.15) is 4.88 Å². The Hall–Kier alpha value is -1.64. The maximum absolute atomic E-state index is 12.7. The van der Waals surface area contributed by atoms with Crippen LogP contribution >= 0.6 is 46.1 Å². The van der Waals surface area contributed by atoms with Crippen molar-refractivity contribution < 1.29 is 4.79 Å². The van der Waals surface area contributed by atoms with Crippen molar-refractivity contribution in [3.8, 4) is 0 Å². The van der Waals surface area contributed by atoms with E-state index in [0.717, 1.165) is 24.0 Å². The summed E-state index contributed by atoms with van der Waals surface area (Å²) in [7, 11) is 0. The van der Waals surface area contributed by atoms with Gasteiger partial charge in [0.05, 0.1) is 26.6 Å². The Morgan fingerprint density at radius 3 is 2.55 bits per heavy atom. The lowest BCUT2D eigenvalue weighted by Crippen LogP contribution is -2.49. The van der Waals surface area contributed by atoms with Crippen molar-refractivity contribution >= 4 is 62.9 Å². The number of aromatic nitrogens is 2. The summed E-state index contributed by atoms with van der Waals surface area (Å²) in [6.45, 7) is 3.55. The van der Waals surface area contributed by atoms with Crippen LogP contribution in [-0.2, 0) is 17.9 Å². The van der Waals surface area contributed by atoms with E-state index in [0.29, 0.717) is 34.0 Å². The Morgan fingerprint density at radius 2 is 1.86 bits per heavy atom. The predicted octanol–water partition coefficient (Wildman–Crippen LogP) is 3.76. The first-order valence-corrected chi connectivity index (χ1v) is 10.9. The molecule has 1 aliphatic rings. The van der Waals surface area contributed by atoms with Gasteiger partial charge in [-0.05, 0) is 24.3 Å².